The molecule has 0 atom stereocenters. The molecule has 4 heteroatoms. The molecule has 1 amide bonds. The molecule has 0 aliphatic carbocycles. The topological polar surface area (TPSA) is 57.6 Å². The molecule has 0 unspecified atom stereocenters. The Morgan fingerprint density at radius 1 is 1.22 bits per heavy atom. The number of carbonyl (C=O) groups is 2. The molecule has 0 radical (unpaired) electrons. The standard InChI is InChI=1S/C14H13NO3/c1-10-2-8-13(16)15(10)12-6-3-11(4-7-12)5-9-14(17)18/h2-4,6-8H,1,5,9H2,(H,17,18). The minimum atomic E-state index is -0.814. The number of rotatable bonds is 4. The van der Waals surface area contributed by atoms with E-state index in [-0.39, 0.29) is 12.3 Å². The van der Waals surface area contributed by atoms with Crippen LogP contribution in [0.5, 0.6) is 0 Å². The lowest BCUT2D eigenvalue weighted by Crippen LogP contribution is -2.22. The van der Waals surface area contributed by atoms with Crippen molar-refractivity contribution in [3.63, 3.8) is 0 Å². The molecule has 0 spiro atoms. The summed E-state index contributed by atoms with van der Waals surface area (Å²) in [5, 5.41) is 8.60. The minimum absolute atomic E-state index is 0.107. The van der Waals surface area contributed by atoms with Crippen molar-refractivity contribution in [3.8, 4) is 0 Å². The van der Waals surface area contributed by atoms with Crippen molar-refractivity contribution < 1.29 is 14.7 Å². The summed E-state index contributed by atoms with van der Waals surface area (Å²) < 4.78 is 0. The maximum absolute atomic E-state index is 11.6. The van der Waals surface area contributed by atoms with Crippen LogP contribution in [0.4, 0.5) is 5.69 Å². The SMILES string of the molecule is C=C1C=CC(=O)N1c1ccc(CCC(=O)O)cc1. The van der Waals surface area contributed by atoms with Crippen LogP contribution in [-0.2, 0) is 16.0 Å². The third-order valence-electron chi connectivity index (χ3n) is 2.75. The zero-order valence-corrected chi connectivity index (χ0v) is 9.80. The molecule has 92 valence electrons. The van der Waals surface area contributed by atoms with Crippen molar-refractivity contribution in [2.45, 2.75) is 12.8 Å². The molecule has 0 aromatic heterocycles. The average molecular weight is 243 g/mol. The first-order valence-electron chi connectivity index (χ1n) is 5.60. The zero-order valence-electron chi connectivity index (χ0n) is 9.80. The van der Waals surface area contributed by atoms with Gasteiger partial charge < -0.3 is 5.11 Å². The number of hydrogen-bond acceptors (Lipinski definition) is 2. The first kappa shape index (κ1) is 12.1. The highest BCUT2D eigenvalue weighted by molar-refractivity contribution is 6.07. The van der Waals surface area contributed by atoms with Gasteiger partial charge in [0.2, 0.25) is 0 Å². The normalized spacial score (nSPS) is 14.3. The van der Waals surface area contributed by atoms with Crippen LogP contribution >= 0.6 is 0 Å². The number of aryl methyl sites for hydroxylation is 1. The van der Waals surface area contributed by atoms with Gasteiger partial charge in [0.15, 0.2) is 0 Å². The number of carbonyl (C=O) groups excluding carboxylic acids is 1. The van der Waals surface area contributed by atoms with Crippen molar-refractivity contribution in [1.82, 2.24) is 0 Å². The van der Waals surface area contributed by atoms with Crippen molar-refractivity contribution >= 4 is 17.6 Å². The fourth-order valence-electron chi connectivity index (χ4n) is 1.81. The van der Waals surface area contributed by atoms with Crippen LogP contribution in [0.1, 0.15) is 12.0 Å². The number of allylic oxidation sites excluding steroid dienone is 1. The van der Waals surface area contributed by atoms with E-state index in [9.17, 15) is 9.59 Å². The van der Waals surface area contributed by atoms with Gasteiger partial charge in [-0.2, -0.15) is 0 Å². The Hall–Kier alpha value is -2.36. The Morgan fingerprint density at radius 3 is 2.39 bits per heavy atom. The molecule has 18 heavy (non-hydrogen) atoms. The highest BCUT2D eigenvalue weighted by Crippen LogP contribution is 2.24. The van der Waals surface area contributed by atoms with Crippen molar-refractivity contribution in [2.24, 2.45) is 0 Å². The smallest absolute Gasteiger partial charge is 0.303 e. The molecule has 1 aromatic rings. The van der Waals surface area contributed by atoms with Crippen LogP contribution in [0.25, 0.3) is 0 Å². The number of amides is 1. The van der Waals surface area contributed by atoms with Crippen LogP contribution < -0.4 is 4.90 Å². The fourth-order valence-corrected chi connectivity index (χ4v) is 1.81. The van der Waals surface area contributed by atoms with Gasteiger partial charge in [0.05, 0.1) is 0 Å². The third kappa shape index (κ3) is 2.48. The Bertz CT molecular complexity index is 510. The molecule has 1 aromatic carbocycles. The first-order valence-corrected chi connectivity index (χ1v) is 5.60. The van der Waals surface area contributed by atoms with E-state index in [2.05, 4.69) is 6.58 Å². The maximum Gasteiger partial charge on any atom is 0.303 e. The molecule has 0 bridgehead atoms. The molecular weight excluding hydrogens is 230 g/mol. The first-order chi connectivity index (χ1) is 8.58. The number of carboxylic acid groups (broad SMARTS) is 1. The zero-order chi connectivity index (χ0) is 13.1. The fraction of sp³-hybridized carbons (Fsp3) is 0.143. The van der Waals surface area contributed by atoms with Crippen LogP contribution in [0, 0.1) is 0 Å². The summed E-state index contributed by atoms with van der Waals surface area (Å²) in [6.45, 7) is 3.78. The van der Waals surface area contributed by atoms with E-state index < -0.39 is 5.97 Å². The van der Waals surface area contributed by atoms with E-state index in [4.69, 9.17) is 5.11 Å². The Kier molecular flexibility index (Phi) is 3.28. The van der Waals surface area contributed by atoms with Crippen LogP contribution in [-0.4, -0.2) is 17.0 Å². The molecule has 0 fully saturated rings. The average Bonchev–Trinajstić information content (AvgIpc) is 2.67. The molecule has 1 aliphatic rings. The van der Waals surface area contributed by atoms with Gasteiger partial charge in [-0.15, -0.1) is 0 Å². The summed E-state index contributed by atoms with van der Waals surface area (Å²) in [5.74, 6) is -0.926. The van der Waals surface area contributed by atoms with Gasteiger partial charge in [-0.25, -0.2) is 0 Å². The van der Waals surface area contributed by atoms with E-state index >= 15 is 0 Å². The summed E-state index contributed by atoms with van der Waals surface area (Å²) >= 11 is 0. The van der Waals surface area contributed by atoms with Gasteiger partial charge >= 0.3 is 5.97 Å². The molecule has 0 saturated heterocycles. The Morgan fingerprint density at radius 2 is 1.89 bits per heavy atom. The quantitative estimate of drug-likeness (QED) is 0.881. The predicted octanol–water partition coefficient (Wildman–Crippen LogP) is 2.12. The van der Waals surface area contributed by atoms with Crippen LogP contribution in [0.3, 0.4) is 0 Å². The lowest BCUT2D eigenvalue weighted by molar-refractivity contribution is -0.137. The largest absolute Gasteiger partial charge is 0.481 e. The highest BCUT2D eigenvalue weighted by atomic mass is 16.4. The number of aliphatic carboxylic acids is 1. The second-order valence-corrected chi connectivity index (χ2v) is 4.06. The summed E-state index contributed by atoms with van der Waals surface area (Å²) in [7, 11) is 0. The summed E-state index contributed by atoms with van der Waals surface area (Å²) in [6, 6.07) is 7.26. The molecule has 4 nitrogen and oxygen atoms in total. The summed E-state index contributed by atoms with van der Waals surface area (Å²) in [5.41, 5.74) is 2.32. The van der Waals surface area contributed by atoms with Crippen LogP contribution in [0.2, 0.25) is 0 Å². The van der Waals surface area contributed by atoms with Crippen molar-refractivity contribution in [1.29, 1.82) is 0 Å². The van der Waals surface area contributed by atoms with E-state index in [0.29, 0.717) is 12.1 Å². The molecule has 0 saturated carbocycles. The van der Waals surface area contributed by atoms with E-state index in [1.165, 1.54) is 11.0 Å². The lowest BCUT2D eigenvalue weighted by atomic mass is 10.1. The molecule has 1 aliphatic heterocycles. The van der Waals surface area contributed by atoms with Gasteiger partial charge in [0.25, 0.3) is 5.91 Å². The van der Waals surface area contributed by atoms with E-state index in [1.807, 2.05) is 12.1 Å². The van der Waals surface area contributed by atoms with Gasteiger partial charge in [0.1, 0.15) is 0 Å². The monoisotopic (exact) mass is 243 g/mol. The minimum Gasteiger partial charge on any atom is -0.481 e. The van der Waals surface area contributed by atoms with E-state index in [0.717, 1.165) is 11.3 Å². The molecule has 2 rings (SSSR count). The third-order valence-corrected chi connectivity index (χ3v) is 2.75. The predicted molar refractivity (Wildman–Crippen MR) is 68.2 cm³/mol. The summed E-state index contributed by atoms with van der Waals surface area (Å²) in [6.07, 6.45) is 3.74. The van der Waals surface area contributed by atoms with Gasteiger partial charge in [-0.1, -0.05) is 18.7 Å². The Labute approximate surface area is 105 Å². The number of hydrogen-bond donors (Lipinski definition) is 1. The van der Waals surface area contributed by atoms with Gasteiger partial charge in [0, 0.05) is 23.9 Å². The van der Waals surface area contributed by atoms with Crippen molar-refractivity contribution in [3.05, 3.63) is 54.3 Å². The lowest BCUT2D eigenvalue weighted by Gasteiger charge is -2.17. The van der Waals surface area contributed by atoms with Gasteiger partial charge in [-0.3, -0.25) is 14.5 Å². The molecule has 1 heterocycles. The number of anilines is 1. The maximum atomic E-state index is 11.6. The number of nitrogens with zero attached hydrogens (tertiary/aromatic N) is 1. The molecule has 1 N–H and O–H groups in total. The highest BCUT2D eigenvalue weighted by Gasteiger charge is 2.20. The van der Waals surface area contributed by atoms with Gasteiger partial charge in [-0.05, 0) is 30.2 Å². The Balaban J connectivity index is 2.10. The number of carboxylic acids is 1. The second-order valence-electron chi connectivity index (χ2n) is 4.06. The summed E-state index contributed by atoms with van der Waals surface area (Å²) in [4.78, 5) is 23.6. The number of benzene rings is 1. The molecular formula is C14H13NO3. The van der Waals surface area contributed by atoms with Crippen LogP contribution in [0.15, 0.2) is 48.7 Å². The second kappa shape index (κ2) is 4.87. The van der Waals surface area contributed by atoms with Crippen molar-refractivity contribution in [2.75, 3.05) is 4.90 Å². The van der Waals surface area contributed by atoms with E-state index in [1.54, 1.807) is 18.2 Å².